The number of likely N-dealkylation sites (N-methyl/N-ethyl adjacent to an activating group) is 1. The lowest BCUT2D eigenvalue weighted by Gasteiger charge is -2.22. The summed E-state index contributed by atoms with van der Waals surface area (Å²) in [6.45, 7) is 0.593. The lowest BCUT2D eigenvalue weighted by Crippen LogP contribution is -2.40. The minimum atomic E-state index is -1.04. The van der Waals surface area contributed by atoms with Gasteiger partial charge in [-0.25, -0.2) is 0 Å². The van der Waals surface area contributed by atoms with Crippen molar-refractivity contribution in [2.24, 2.45) is 0 Å². The van der Waals surface area contributed by atoms with Crippen molar-refractivity contribution < 1.29 is 14.7 Å². The molecule has 1 aromatic carbocycles. The van der Waals surface area contributed by atoms with E-state index in [1.807, 2.05) is 19.0 Å². The Hall–Kier alpha value is -1.11. The van der Waals surface area contributed by atoms with E-state index in [1.54, 1.807) is 12.1 Å². The van der Waals surface area contributed by atoms with E-state index >= 15 is 0 Å². The highest BCUT2D eigenvalue weighted by atomic mass is 79.9. The van der Waals surface area contributed by atoms with Crippen molar-refractivity contribution in [3.05, 3.63) is 33.3 Å². The minimum Gasteiger partial charge on any atom is -0.480 e. The van der Waals surface area contributed by atoms with Crippen LogP contribution in [0.25, 0.3) is 0 Å². The molecule has 0 unspecified atom stereocenters. The van der Waals surface area contributed by atoms with Gasteiger partial charge in [-0.2, -0.15) is 0 Å². The largest absolute Gasteiger partial charge is 0.480 e. The Morgan fingerprint density at radius 3 is 2.45 bits per heavy atom. The van der Waals surface area contributed by atoms with Gasteiger partial charge in [0.15, 0.2) is 0 Å². The Labute approximate surface area is 131 Å². The molecule has 20 heavy (non-hydrogen) atoms. The maximum atomic E-state index is 12.3. The molecule has 0 spiro atoms. The normalized spacial score (nSPS) is 10.7. The predicted octanol–water partition coefficient (Wildman–Crippen LogP) is 2.19. The molecular weight excluding hydrogens is 348 g/mol. The zero-order valence-electron chi connectivity index (χ0n) is 11.3. The maximum absolute atomic E-state index is 12.3. The van der Waals surface area contributed by atoms with E-state index in [-0.39, 0.29) is 12.5 Å². The number of hydrogen-bond acceptors (Lipinski definition) is 3. The third-order valence-corrected chi connectivity index (χ3v) is 3.83. The van der Waals surface area contributed by atoms with Crippen molar-refractivity contribution in [1.29, 1.82) is 0 Å². The molecule has 5 nitrogen and oxygen atoms in total. The number of carbonyl (C=O) groups is 2. The number of halogens is 2. The van der Waals surface area contributed by atoms with Crippen molar-refractivity contribution in [2.75, 3.05) is 33.7 Å². The van der Waals surface area contributed by atoms with Crippen LogP contribution in [0.15, 0.2) is 22.7 Å². The molecule has 0 radical (unpaired) electrons. The third-order valence-electron chi connectivity index (χ3n) is 2.60. The van der Waals surface area contributed by atoms with Gasteiger partial charge in [0.05, 0.1) is 5.02 Å². The van der Waals surface area contributed by atoms with E-state index in [9.17, 15) is 9.59 Å². The lowest BCUT2D eigenvalue weighted by atomic mass is 10.2. The topological polar surface area (TPSA) is 60.9 Å². The third kappa shape index (κ3) is 5.11. The average molecular weight is 364 g/mol. The molecule has 0 saturated carbocycles. The van der Waals surface area contributed by atoms with E-state index in [1.165, 1.54) is 11.0 Å². The SMILES string of the molecule is CN(C)CCN(CC(=O)O)C(=O)c1ccc(Br)c(Cl)c1. The molecule has 0 bridgehead atoms. The number of benzene rings is 1. The van der Waals surface area contributed by atoms with Crippen LogP contribution in [-0.4, -0.2) is 60.5 Å². The van der Waals surface area contributed by atoms with Crippen LogP contribution in [0, 0.1) is 0 Å². The highest BCUT2D eigenvalue weighted by molar-refractivity contribution is 9.10. The van der Waals surface area contributed by atoms with Crippen LogP contribution in [0.5, 0.6) is 0 Å². The molecule has 0 saturated heterocycles. The van der Waals surface area contributed by atoms with E-state index in [2.05, 4.69) is 15.9 Å². The predicted molar refractivity (Wildman–Crippen MR) is 81.2 cm³/mol. The van der Waals surface area contributed by atoms with Crippen molar-refractivity contribution in [1.82, 2.24) is 9.80 Å². The first-order valence-electron chi connectivity index (χ1n) is 5.92. The standard InChI is InChI=1S/C13H16BrClN2O3/c1-16(2)5-6-17(8-12(18)19)13(20)9-3-4-10(14)11(15)7-9/h3-4,7H,5-6,8H2,1-2H3,(H,18,19). The van der Waals surface area contributed by atoms with Crippen LogP contribution in [0.3, 0.4) is 0 Å². The molecule has 0 aromatic heterocycles. The van der Waals surface area contributed by atoms with E-state index in [0.29, 0.717) is 28.1 Å². The first-order valence-corrected chi connectivity index (χ1v) is 7.09. The summed E-state index contributed by atoms with van der Waals surface area (Å²) in [6, 6.07) is 4.81. The molecule has 7 heteroatoms. The molecule has 110 valence electrons. The second-order valence-corrected chi connectivity index (χ2v) is 5.81. The van der Waals surface area contributed by atoms with Crippen molar-refractivity contribution in [2.45, 2.75) is 0 Å². The summed E-state index contributed by atoms with van der Waals surface area (Å²) < 4.78 is 0.689. The average Bonchev–Trinajstić information content (AvgIpc) is 2.36. The van der Waals surface area contributed by atoms with Gasteiger partial charge < -0.3 is 14.9 Å². The number of nitrogens with zero attached hydrogens (tertiary/aromatic N) is 2. The second-order valence-electron chi connectivity index (χ2n) is 4.55. The van der Waals surface area contributed by atoms with Gasteiger partial charge in [0.25, 0.3) is 5.91 Å². The fourth-order valence-corrected chi connectivity index (χ4v) is 1.98. The molecule has 0 atom stereocenters. The monoisotopic (exact) mass is 362 g/mol. The van der Waals surface area contributed by atoms with Gasteiger partial charge in [-0.3, -0.25) is 9.59 Å². The highest BCUT2D eigenvalue weighted by Crippen LogP contribution is 2.23. The molecular formula is C13H16BrClN2O3. The zero-order chi connectivity index (χ0) is 15.3. The van der Waals surface area contributed by atoms with E-state index < -0.39 is 5.97 Å². The minimum absolute atomic E-state index is 0.333. The number of amides is 1. The van der Waals surface area contributed by atoms with E-state index in [0.717, 1.165) is 0 Å². The summed E-state index contributed by atoms with van der Waals surface area (Å²) in [4.78, 5) is 26.4. The Balaban J connectivity index is 2.90. The summed E-state index contributed by atoms with van der Waals surface area (Å²) in [5.74, 6) is -1.39. The number of carboxylic acids is 1. The van der Waals surface area contributed by atoms with Crippen LogP contribution in [0.1, 0.15) is 10.4 Å². The molecule has 1 amide bonds. The molecule has 1 N–H and O–H groups in total. The number of carbonyl (C=O) groups excluding carboxylic acids is 1. The van der Waals surface area contributed by atoms with Crippen LogP contribution in [-0.2, 0) is 4.79 Å². The molecule has 1 rings (SSSR count). The van der Waals surface area contributed by atoms with Crippen LogP contribution in [0.2, 0.25) is 5.02 Å². The lowest BCUT2D eigenvalue weighted by molar-refractivity contribution is -0.137. The molecule has 0 aliphatic carbocycles. The van der Waals surface area contributed by atoms with Gasteiger partial charge in [0.2, 0.25) is 0 Å². The first-order chi connectivity index (χ1) is 9.31. The van der Waals surface area contributed by atoms with Crippen molar-refractivity contribution >= 4 is 39.4 Å². The fraction of sp³-hybridized carbons (Fsp3) is 0.385. The first kappa shape index (κ1) is 16.9. The summed E-state index contributed by atoms with van der Waals surface area (Å²) >= 11 is 9.20. The van der Waals surface area contributed by atoms with E-state index in [4.69, 9.17) is 16.7 Å². The van der Waals surface area contributed by atoms with Gasteiger partial charge in [-0.1, -0.05) is 11.6 Å². The van der Waals surface area contributed by atoms with Crippen LogP contribution < -0.4 is 0 Å². The summed E-state index contributed by atoms with van der Waals surface area (Å²) in [7, 11) is 3.72. The number of aliphatic carboxylic acids is 1. The van der Waals surface area contributed by atoms with Crippen LogP contribution in [0.4, 0.5) is 0 Å². The Morgan fingerprint density at radius 2 is 1.95 bits per heavy atom. The Morgan fingerprint density at radius 1 is 1.30 bits per heavy atom. The Bertz CT molecular complexity index is 508. The molecule has 0 aliphatic rings. The molecule has 0 heterocycles. The Kier molecular flexibility index (Phi) is 6.45. The number of hydrogen-bond donors (Lipinski definition) is 1. The quantitative estimate of drug-likeness (QED) is 0.841. The van der Waals surface area contributed by atoms with Gasteiger partial charge in [-0.05, 0) is 48.2 Å². The molecule has 1 aromatic rings. The highest BCUT2D eigenvalue weighted by Gasteiger charge is 2.19. The molecule has 0 aliphatic heterocycles. The van der Waals surface area contributed by atoms with Crippen molar-refractivity contribution in [3.63, 3.8) is 0 Å². The van der Waals surface area contributed by atoms with Gasteiger partial charge >= 0.3 is 5.97 Å². The smallest absolute Gasteiger partial charge is 0.323 e. The summed E-state index contributed by atoms with van der Waals surface area (Å²) in [5.41, 5.74) is 0.373. The van der Waals surface area contributed by atoms with Gasteiger partial charge in [0, 0.05) is 23.1 Å². The van der Waals surface area contributed by atoms with Crippen molar-refractivity contribution in [3.8, 4) is 0 Å². The van der Waals surface area contributed by atoms with Crippen LogP contribution >= 0.6 is 27.5 Å². The zero-order valence-corrected chi connectivity index (χ0v) is 13.6. The maximum Gasteiger partial charge on any atom is 0.323 e. The fourth-order valence-electron chi connectivity index (χ4n) is 1.55. The van der Waals surface area contributed by atoms with Gasteiger partial charge in [-0.15, -0.1) is 0 Å². The van der Waals surface area contributed by atoms with Gasteiger partial charge in [0.1, 0.15) is 6.54 Å². The summed E-state index contributed by atoms with van der Waals surface area (Å²) in [5, 5.41) is 9.32. The number of rotatable bonds is 6. The number of carboxylic acid groups (broad SMARTS) is 1. The summed E-state index contributed by atoms with van der Waals surface area (Å²) in [6.07, 6.45) is 0. The molecule has 0 fully saturated rings. The second kappa shape index (κ2) is 7.61.